The van der Waals surface area contributed by atoms with Crippen molar-refractivity contribution in [3.8, 4) is 0 Å². The normalized spacial score (nSPS) is 14.8. The molecule has 1 aliphatic rings. The summed E-state index contributed by atoms with van der Waals surface area (Å²) in [6.45, 7) is 2.00. The van der Waals surface area contributed by atoms with E-state index in [9.17, 15) is 22.4 Å². The van der Waals surface area contributed by atoms with E-state index in [1.165, 1.54) is 4.31 Å². The number of carbonyl (C=O) groups excluding carboxylic acids is 2. The molecule has 0 radical (unpaired) electrons. The molecule has 0 unspecified atom stereocenters. The average molecular weight is 594 g/mol. The van der Waals surface area contributed by atoms with Crippen molar-refractivity contribution in [2.75, 3.05) is 38.2 Å². The lowest BCUT2D eigenvalue weighted by Crippen LogP contribution is -2.40. The minimum Gasteiger partial charge on any atom is -0.452 e. The first-order valence-corrected chi connectivity index (χ1v) is 12.4. The Morgan fingerprint density at radius 2 is 1.78 bits per heavy atom. The topological polar surface area (TPSA) is 102 Å². The van der Waals surface area contributed by atoms with Crippen LogP contribution < -0.4 is 5.32 Å². The number of amides is 1. The maximum absolute atomic E-state index is 14.2. The molecule has 3 rings (SSSR count). The minimum atomic E-state index is -3.93. The lowest BCUT2D eigenvalue weighted by Gasteiger charge is -2.26. The molecular weight excluding hydrogens is 575 g/mol. The molecule has 1 aliphatic heterocycles. The van der Waals surface area contributed by atoms with E-state index >= 15 is 0 Å². The van der Waals surface area contributed by atoms with Crippen molar-refractivity contribution < 1.29 is 31.9 Å². The number of hydrogen-bond acceptors (Lipinski definition) is 6. The van der Waals surface area contributed by atoms with Gasteiger partial charge in [0.15, 0.2) is 6.61 Å². The third kappa shape index (κ3) is 5.73. The molecule has 0 bridgehead atoms. The first kappa shape index (κ1) is 24.8. The predicted octanol–water partition coefficient (Wildman–Crippen LogP) is 3.48. The Morgan fingerprint density at radius 3 is 2.41 bits per heavy atom. The second-order valence-corrected chi connectivity index (χ2v) is 10.5. The maximum Gasteiger partial charge on any atom is 0.341 e. The van der Waals surface area contributed by atoms with Gasteiger partial charge in [0.05, 0.1) is 29.4 Å². The van der Waals surface area contributed by atoms with Crippen LogP contribution in [0.2, 0.25) is 0 Å². The lowest BCUT2D eigenvalue weighted by atomic mass is 10.2. The smallest absolute Gasteiger partial charge is 0.341 e. The van der Waals surface area contributed by atoms with Crippen LogP contribution in [0.4, 0.5) is 10.1 Å². The van der Waals surface area contributed by atoms with E-state index in [1.54, 1.807) is 12.1 Å². The number of hydrogen-bond donors (Lipinski definition) is 1. The number of aryl methyl sites for hydroxylation is 1. The molecule has 32 heavy (non-hydrogen) atoms. The number of nitrogens with zero attached hydrogens (tertiary/aromatic N) is 1. The van der Waals surface area contributed by atoms with Crippen LogP contribution in [0.1, 0.15) is 15.9 Å². The van der Waals surface area contributed by atoms with Crippen LogP contribution in [0.15, 0.2) is 44.2 Å². The molecule has 1 amide bonds. The maximum atomic E-state index is 14.2. The molecule has 1 N–H and O–H groups in total. The molecule has 1 heterocycles. The molecule has 2 aromatic rings. The first-order valence-electron chi connectivity index (χ1n) is 9.39. The largest absolute Gasteiger partial charge is 0.452 e. The number of anilines is 1. The van der Waals surface area contributed by atoms with Gasteiger partial charge in [-0.05, 0) is 74.7 Å². The zero-order valence-electron chi connectivity index (χ0n) is 16.9. The fraction of sp³-hybridized carbons (Fsp3) is 0.300. The molecule has 172 valence electrons. The summed E-state index contributed by atoms with van der Waals surface area (Å²) in [5.74, 6) is -2.76. The van der Waals surface area contributed by atoms with Crippen molar-refractivity contribution >= 4 is 59.4 Å². The summed E-state index contributed by atoms with van der Waals surface area (Å²) in [6.07, 6.45) is 0. The first-order chi connectivity index (χ1) is 15.1. The number of ether oxygens (including phenoxy) is 2. The monoisotopic (exact) mass is 592 g/mol. The van der Waals surface area contributed by atoms with Gasteiger partial charge in [-0.25, -0.2) is 17.6 Å². The van der Waals surface area contributed by atoms with E-state index < -0.39 is 39.9 Å². The van der Waals surface area contributed by atoms with Gasteiger partial charge >= 0.3 is 5.97 Å². The van der Waals surface area contributed by atoms with Gasteiger partial charge in [-0.15, -0.1) is 0 Å². The molecule has 0 aliphatic carbocycles. The van der Waals surface area contributed by atoms with Crippen LogP contribution in [-0.4, -0.2) is 57.5 Å². The van der Waals surface area contributed by atoms with Crippen molar-refractivity contribution in [1.82, 2.24) is 4.31 Å². The lowest BCUT2D eigenvalue weighted by molar-refractivity contribution is -0.119. The van der Waals surface area contributed by atoms with Crippen molar-refractivity contribution in [1.29, 1.82) is 0 Å². The molecule has 2 aromatic carbocycles. The second kappa shape index (κ2) is 10.4. The standard InChI is InChI=1S/C20H19Br2FN2O6S/c1-12-8-15(21)19(16(22)9-12)24-18(26)11-31-20(27)14-10-13(2-3-17(14)23)32(28,29)25-4-6-30-7-5-25/h2-3,8-10H,4-7,11H2,1H3,(H,24,26). The third-order valence-corrected chi connectivity index (χ3v) is 7.70. The number of morpholine rings is 1. The number of sulfonamides is 1. The molecule has 0 aromatic heterocycles. The highest BCUT2D eigenvalue weighted by molar-refractivity contribution is 9.11. The van der Waals surface area contributed by atoms with Crippen LogP contribution in [0.25, 0.3) is 0 Å². The summed E-state index contributed by atoms with van der Waals surface area (Å²) in [5.41, 5.74) is 0.821. The van der Waals surface area contributed by atoms with Gasteiger partial charge in [-0.3, -0.25) is 4.79 Å². The summed E-state index contributed by atoms with van der Waals surface area (Å²) in [6, 6.07) is 6.46. The Morgan fingerprint density at radius 1 is 1.16 bits per heavy atom. The minimum absolute atomic E-state index is 0.157. The highest BCUT2D eigenvalue weighted by Gasteiger charge is 2.28. The Bertz CT molecular complexity index is 1130. The predicted molar refractivity (Wildman–Crippen MR) is 121 cm³/mol. The van der Waals surface area contributed by atoms with Crippen molar-refractivity contribution in [2.24, 2.45) is 0 Å². The number of esters is 1. The van der Waals surface area contributed by atoms with Gasteiger partial charge in [0.1, 0.15) is 5.82 Å². The molecule has 0 atom stereocenters. The number of benzene rings is 2. The van der Waals surface area contributed by atoms with Crippen molar-refractivity contribution in [3.63, 3.8) is 0 Å². The summed E-state index contributed by atoms with van der Waals surface area (Å²) >= 11 is 6.68. The van der Waals surface area contributed by atoms with Crippen LogP contribution in [0.5, 0.6) is 0 Å². The van der Waals surface area contributed by atoms with Crippen LogP contribution in [0.3, 0.4) is 0 Å². The van der Waals surface area contributed by atoms with Gasteiger partial charge in [0.25, 0.3) is 5.91 Å². The highest BCUT2D eigenvalue weighted by atomic mass is 79.9. The van der Waals surface area contributed by atoms with Gasteiger partial charge in [0.2, 0.25) is 10.0 Å². The Balaban J connectivity index is 1.70. The van der Waals surface area contributed by atoms with E-state index in [1.807, 2.05) is 6.92 Å². The van der Waals surface area contributed by atoms with Gasteiger partial charge in [-0.2, -0.15) is 4.31 Å². The fourth-order valence-corrected chi connectivity index (χ4v) is 6.01. The van der Waals surface area contributed by atoms with E-state index in [0.717, 1.165) is 23.8 Å². The molecule has 8 nitrogen and oxygen atoms in total. The Labute approximate surface area is 201 Å². The Kier molecular flexibility index (Phi) is 8.04. The van der Waals surface area contributed by atoms with Gasteiger partial charge in [-0.1, -0.05) is 0 Å². The van der Waals surface area contributed by atoms with E-state index in [-0.39, 0.29) is 31.2 Å². The van der Waals surface area contributed by atoms with E-state index in [4.69, 9.17) is 9.47 Å². The summed E-state index contributed by atoms with van der Waals surface area (Å²) in [7, 11) is -3.93. The quantitative estimate of drug-likeness (QED) is 0.515. The Hall–Kier alpha value is -1.86. The molecule has 0 spiro atoms. The molecule has 1 saturated heterocycles. The summed E-state index contributed by atoms with van der Waals surface area (Å²) in [5, 5.41) is 2.59. The second-order valence-electron chi connectivity index (χ2n) is 6.89. The highest BCUT2D eigenvalue weighted by Crippen LogP contribution is 2.32. The molecule has 12 heteroatoms. The van der Waals surface area contributed by atoms with Gasteiger partial charge in [0, 0.05) is 22.0 Å². The fourth-order valence-electron chi connectivity index (χ4n) is 2.96. The number of rotatable bonds is 6. The molecule has 0 saturated carbocycles. The molecule has 1 fully saturated rings. The van der Waals surface area contributed by atoms with Gasteiger partial charge < -0.3 is 14.8 Å². The van der Waals surface area contributed by atoms with Crippen LogP contribution in [-0.2, 0) is 24.3 Å². The van der Waals surface area contributed by atoms with E-state index in [2.05, 4.69) is 37.2 Å². The van der Waals surface area contributed by atoms with E-state index in [0.29, 0.717) is 14.6 Å². The zero-order valence-corrected chi connectivity index (χ0v) is 20.8. The number of carbonyl (C=O) groups is 2. The van der Waals surface area contributed by atoms with Crippen molar-refractivity contribution in [3.05, 3.63) is 56.2 Å². The summed E-state index contributed by atoms with van der Waals surface area (Å²) in [4.78, 5) is 24.3. The zero-order chi connectivity index (χ0) is 23.5. The van der Waals surface area contributed by atoms with Crippen LogP contribution >= 0.6 is 31.9 Å². The third-order valence-electron chi connectivity index (χ3n) is 4.55. The number of halogens is 3. The van der Waals surface area contributed by atoms with Crippen LogP contribution in [0, 0.1) is 12.7 Å². The summed E-state index contributed by atoms with van der Waals surface area (Å²) < 4.78 is 52.2. The SMILES string of the molecule is Cc1cc(Br)c(NC(=O)COC(=O)c2cc(S(=O)(=O)N3CCOCC3)ccc2F)c(Br)c1. The molecular formula is C20H19Br2FN2O6S. The average Bonchev–Trinajstić information content (AvgIpc) is 2.75. The van der Waals surface area contributed by atoms with Crippen molar-refractivity contribution in [2.45, 2.75) is 11.8 Å². The number of nitrogens with one attached hydrogen (secondary N) is 1.